The predicted octanol–water partition coefficient (Wildman–Crippen LogP) is 3.85. The van der Waals surface area contributed by atoms with Gasteiger partial charge in [-0.3, -0.25) is 4.90 Å². The molecule has 31 heavy (non-hydrogen) atoms. The first-order valence-corrected chi connectivity index (χ1v) is 11.2. The molecule has 0 bridgehead atoms. The van der Waals surface area contributed by atoms with Gasteiger partial charge in [-0.1, -0.05) is 23.9 Å². The highest BCUT2D eigenvalue weighted by molar-refractivity contribution is 7.98. The quantitative estimate of drug-likeness (QED) is 0.405. The molecule has 2 aromatic heterocycles. The number of ether oxygens (including phenoxy) is 1. The van der Waals surface area contributed by atoms with E-state index in [9.17, 15) is 4.39 Å². The summed E-state index contributed by atoms with van der Waals surface area (Å²) in [6, 6.07) is 14.1. The van der Waals surface area contributed by atoms with Crippen molar-refractivity contribution < 1.29 is 13.5 Å². The van der Waals surface area contributed by atoms with E-state index in [2.05, 4.69) is 24.6 Å². The van der Waals surface area contributed by atoms with Gasteiger partial charge in [0, 0.05) is 31.7 Å². The Morgan fingerprint density at radius 1 is 0.968 bits per heavy atom. The lowest BCUT2D eigenvalue weighted by atomic mass is 10.2. The fraction of sp³-hybridized carbons (Fsp3) is 0.318. The van der Waals surface area contributed by atoms with Gasteiger partial charge in [0.2, 0.25) is 5.89 Å². The highest BCUT2D eigenvalue weighted by Crippen LogP contribution is 2.27. The lowest BCUT2D eigenvalue weighted by molar-refractivity contribution is 0.0361. The van der Waals surface area contributed by atoms with Crippen LogP contribution in [0.3, 0.4) is 0 Å². The summed E-state index contributed by atoms with van der Waals surface area (Å²) in [6.45, 7) is 4.94. The Morgan fingerprint density at radius 3 is 2.58 bits per heavy atom. The van der Waals surface area contributed by atoms with E-state index in [0.29, 0.717) is 11.6 Å². The van der Waals surface area contributed by atoms with E-state index in [0.717, 1.165) is 67.0 Å². The van der Waals surface area contributed by atoms with Crippen molar-refractivity contribution in [1.29, 1.82) is 0 Å². The highest BCUT2D eigenvalue weighted by Gasteiger charge is 2.18. The fourth-order valence-corrected chi connectivity index (χ4v) is 4.39. The maximum absolute atomic E-state index is 13.4. The van der Waals surface area contributed by atoms with E-state index in [-0.39, 0.29) is 5.82 Å². The van der Waals surface area contributed by atoms with E-state index >= 15 is 0 Å². The van der Waals surface area contributed by atoms with Crippen LogP contribution in [0, 0.1) is 5.82 Å². The van der Waals surface area contributed by atoms with E-state index in [1.54, 1.807) is 12.1 Å². The average Bonchev–Trinajstić information content (AvgIpc) is 3.41. The topological polar surface area (TPSA) is 69.2 Å². The molecule has 2 aromatic carbocycles. The number of aromatic nitrogens is 4. The molecule has 160 valence electrons. The maximum atomic E-state index is 13.4. The number of fused-ring (bicyclic) bond motifs is 1. The van der Waals surface area contributed by atoms with Gasteiger partial charge >= 0.3 is 0 Å². The van der Waals surface area contributed by atoms with Crippen molar-refractivity contribution in [3.8, 4) is 11.4 Å². The summed E-state index contributed by atoms with van der Waals surface area (Å²) in [5.74, 6) is 1.66. The SMILES string of the molecule is Fc1ccc(-c2nnc(SCc3nc4ccccc4o3)n2CCN2CCOCC2)cc1. The molecule has 0 radical (unpaired) electrons. The van der Waals surface area contributed by atoms with Crippen molar-refractivity contribution in [2.24, 2.45) is 0 Å². The van der Waals surface area contributed by atoms with Crippen molar-refractivity contribution in [2.45, 2.75) is 17.5 Å². The molecule has 5 rings (SSSR count). The number of morpholine rings is 1. The van der Waals surface area contributed by atoms with Crippen molar-refractivity contribution >= 4 is 22.9 Å². The first kappa shape index (κ1) is 20.2. The summed E-state index contributed by atoms with van der Waals surface area (Å²) >= 11 is 1.54. The number of oxazole rings is 1. The number of hydrogen-bond acceptors (Lipinski definition) is 7. The maximum Gasteiger partial charge on any atom is 0.205 e. The summed E-state index contributed by atoms with van der Waals surface area (Å²) in [6.07, 6.45) is 0. The van der Waals surface area contributed by atoms with Crippen LogP contribution >= 0.6 is 11.8 Å². The molecule has 7 nitrogen and oxygen atoms in total. The van der Waals surface area contributed by atoms with E-state index in [1.165, 1.54) is 23.9 Å². The van der Waals surface area contributed by atoms with Crippen LogP contribution in [-0.2, 0) is 17.0 Å². The Morgan fingerprint density at radius 2 is 1.77 bits per heavy atom. The lowest BCUT2D eigenvalue weighted by Crippen LogP contribution is -2.38. The highest BCUT2D eigenvalue weighted by atomic mass is 32.2. The second-order valence-corrected chi connectivity index (χ2v) is 8.23. The lowest BCUT2D eigenvalue weighted by Gasteiger charge is -2.27. The Labute approximate surface area is 183 Å². The predicted molar refractivity (Wildman–Crippen MR) is 116 cm³/mol. The zero-order valence-electron chi connectivity index (χ0n) is 16.9. The summed E-state index contributed by atoms with van der Waals surface area (Å²) in [7, 11) is 0. The van der Waals surface area contributed by atoms with Crippen LogP contribution in [0.1, 0.15) is 5.89 Å². The van der Waals surface area contributed by atoms with E-state index in [4.69, 9.17) is 9.15 Å². The molecule has 0 atom stereocenters. The van der Waals surface area contributed by atoms with Crippen molar-refractivity contribution in [1.82, 2.24) is 24.6 Å². The Hall–Kier alpha value is -2.75. The Kier molecular flexibility index (Phi) is 5.97. The molecule has 0 unspecified atom stereocenters. The van der Waals surface area contributed by atoms with Crippen LogP contribution < -0.4 is 0 Å². The second-order valence-electron chi connectivity index (χ2n) is 7.28. The molecular weight excluding hydrogens is 417 g/mol. The van der Waals surface area contributed by atoms with Crippen molar-refractivity contribution in [3.63, 3.8) is 0 Å². The number of halogens is 1. The molecule has 1 aliphatic heterocycles. The monoisotopic (exact) mass is 439 g/mol. The smallest absolute Gasteiger partial charge is 0.205 e. The normalized spacial score (nSPS) is 15.0. The molecule has 0 saturated carbocycles. The Balaban J connectivity index is 1.37. The number of nitrogens with zero attached hydrogens (tertiary/aromatic N) is 5. The third-order valence-electron chi connectivity index (χ3n) is 5.23. The third kappa shape index (κ3) is 4.63. The van der Waals surface area contributed by atoms with Gasteiger partial charge in [-0.25, -0.2) is 9.37 Å². The van der Waals surface area contributed by atoms with E-state index < -0.39 is 0 Å². The molecule has 1 aliphatic rings. The average molecular weight is 440 g/mol. The summed E-state index contributed by atoms with van der Waals surface area (Å²) < 4.78 is 26.8. The van der Waals surface area contributed by atoms with Gasteiger partial charge in [0.15, 0.2) is 16.6 Å². The molecule has 0 spiro atoms. The van der Waals surface area contributed by atoms with Crippen LogP contribution in [0.15, 0.2) is 58.1 Å². The standard InChI is InChI=1S/C22H22FN5O2S/c23-17-7-5-16(6-8-17)21-25-26-22(28(21)10-9-27-11-13-29-14-12-27)31-15-20-24-18-3-1-2-4-19(18)30-20/h1-8H,9-15H2. The number of para-hydroxylation sites is 2. The molecule has 0 aliphatic carbocycles. The number of rotatable bonds is 7. The number of thioether (sulfide) groups is 1. The number of hydrogen-bond donors (Lipinski definition) is 0. The first-order valence-electron chi connectivity index (χ1n) is 10.2. The third-order valence-corrected chi connectivity index (χ3v) is 6.18. The molecule has 4 aromatic rings. The molecule has 1 saturated heterocycles. The van der Waals surface area contributed by atoms with Gasteiger partial charge in [-0.05, 0) is 36.4 Å². The Bertz CT molecular complexity index is 1120. The molecular formula is C22H22FN5O2S. The summed E-state index contributed by atoms with van der Waals surface area (Å²) in [5, 5.41) is 9.61. The molecule has 1 fully saturated rings. The minimum atomic E-state index is -0.270. The zero-order valence-corrected chi connectivity index (χ0v) is 17.7. The summed E-state index contributed by atoms with van der Waals surface area (Å²) in [5.41, 5.74) is 2.46. The summed E-state index contributed by atoms with van der Waals surface area (Å²) in [4.78, 5) is 6.91. The van der Waals surface area contributed by atoms with Crippen LogP contribution in [-0.4, -0.2) is 57.5 Å². The van der Waals surface area contributed by atoms with Crippen LogP contribution in [0.4, 0.5) is 4.39 Å². The van der Waals surface area contributed by atoms with Crippen molar-refractivity contribution in [2.75, 3.05) is 32.8 Å². The molecule has 0 amide bonds. The molecule has 0 N–H and O–H groups in total. The van der Waals surface area contributed by atoms with Gasteiger partial charge in [0.25, 0.3) is 0 Å². The second kappa shape index (κ2) is 9.17. The number of benzene rings is 2. The fourth-order valence-electron chi connectivity index (χ4n) is 3.58. The zero-order chi connectivity index (χ0) is 21.0. The van der Waals surface area contributed by atoms with Gasteiger partial charge < -0.3 is 13.7 Å². The van der Waals surface area contributed by atoms with Crippen LogP contribution in [0.25, 0.3) is 22.5 Å². The van der Waals surface area contributed by atoms with Gasteiger partial charge in [0.1, 0.15) is 11.3 Å². The molecule has 3 heterocycles. The largest absolute Gasteiger partial charge is 0.440 e. The van der Waals surface area contributed by atoms with Gasteiger partial charge in [0.05, 0.1) is 19.0 Å². The van der Waals surface area contributed by atoms with Gasteiger partial charge in [-0.15, -0.1) is 10.2 Å². The van der Waals surface area contributed by atoms with Crippen LogP contribution in [0.2, 0.25) is 0 Å². The van der Waals surface area contributed by atoms with E-state index in [1.807, 2.05) is 24.3 Å². The minimum absolute atomic E-state index is 0.270. The van der Waals surface area contributed by atoms with Crippen molar-refractivity contribution in [3.05, 3.63) is 60.2 Å². The molecule has 9 heteroatoms. The van der Waals surface area contributed by atoms with Crippen LogP contribution in [0.5, 0.6) is 0 Å². The minimum Gasteiger partial charge on any atom is -0.440 e. The van der Waals surface area contributed by atoms with Gasteiger partial charge in [-0.2, -0.15) is 0 Å². The first-order chi connectivity index (χ1) is 15.3.